The molecule has 204 valence electrons. The van der Waals surface area contributed by atoms with Crippen molar-refractivity contribution in [2.45, 2.75) is 45.3 Å². The first-order valence-corrected chi connectivity index (χ1v) is 13.0. The molecule has 0 heterocycles. The van der Waals surface area contributed by atoms with Crippen molar-refractivity contribution in [2.75, 3.05) is 19.7 Å². The van der Waals surface area contributed by atoms with Gasteiger partial charge in [-0.1, -0.05) is 80.1 Å². The zero-order chi connectivity index (χ0) is 27.7. The van der Waals surface area contributed by atoms with Gasteiger partial charge in [-0.2, -0.15) is 13.2 Å². The van der Waals surface area contributed by atoms with Crippen LogP contribution in [0.15, 0.2) is 84.2 Å². The monoisotopic (exact) mass is 547 g/mol. The highest BCUT2D eigenvalue weighted by atomic mass is 35.5. The van der Waals surface area contributed by atoms with E-state index >= 15 is 0 Å². The Morgan fingerprint density at radius 1 is 1.16 bits per heavy atom. The molecular formula is C30H33ClF3NO3. The average Bonchev–Trinajstić information content (AvgIpc) is 2.85. The van der Waals surface area contributed by atoms with Gasteiger partial charge in [0.25, 0.3) is 0 Å². The number of ether oxygens (including phenoxy) is 1. The van der Waals surface area contributed by atoms with Crippen molar-refractivity contribution in [1.29, 1.82) is 0 Å². The third-order valence-electron chi connectivity index (χ3n) is 6.45. The molecule has 0 saturated carbocycles. The molecule has 3 rings (SSSR count). The number of hydrogen-bond acceptors (Lipinski definition) is 3. The maximum absolute atomic E-state index is 13.5. The van der Waals surface area contributed by atoms with Crippen LogP contribution in [0.25, 0.3) is 0 Å². The van der Waals surface area contributed by atoms with Crippen LogP contribution in [-0.4, -0.2) is 35.7 Å². The lowest BCUT2D eigenvalue weighted by Gasteiger charge is -2.31. The lowest BCUT2D eigenvalue weighted by molar-refractivity contribution is -0.137. The first kappa shape index (κ1) is 29.5. The minimum Gasteiger partial charge on any atom is -0.498 e. The highest BCUT2D eigenvalue weighted by molar-refractivity contribution is 6.32. The van der Waals surface area contributed by atoms with Crippen molar-refractivity contribution in [2.24, 2.45) is 5.92 Å². The van der Waals surface area contributed by atoms with Gasteiger partial charge in [0.2, 0.25) is 0 Å². The van der Waals surface area contributed by atoms with Crippen molar-refractivity contribution in [3.8, 4) is 0 Å². The van der Waals surface area contributed by atoms with E-state index in [0.29, 0.717) is 55.4 Å². The van der Waals surface area contributed by atoms with E-state index < -0.39 is 17.7 Å². The summed E-state index contributed by atoms with van der Waals surface area (Å²) in [6.07, 6.45) is 2.96. The zero-order valence-corrected chi connectivity index (χ0v) is 22.3. The van der Waals surface area contributed by atoms with E-state index in [-0.39, 0.29) is 17.5 Å². The van der Waals surface area contributed by atoms with E-state index in [9.17, 15) is 18.0 Å². The van der Waals surface area contributed by atoms with Crippen LogP contribution in [0.2, 0.25) is 5.02 Å². The zero-order valence-electron chi connectivity index (χ0n) is 21.5. The second-order valence-electron chi connectivity index (χ2n) is 9.70. The lowest BCUT2D eigenvalue weighted by atomic mass is 9.88. The maximum Gasteiger partial charge on any atom is 0.417 e. The van der Waals surface area contributed by atoms with Crippen LogP contribution in [0.3, 0.4) is 0 Å². The number of alkyl halides is 3. The van der Waals surface area contributed by atoms with Gasteiger partial charge in [0.15, 0.2) is 0 Å². The molecule has 8 heteroatoms. The van der Waals surface area contributed by atoms with Gasteiger partial charge < -0.3 is 9.84 Å². The molecule has 2 aromatic carbocycles. The Labute approximate surface area is 227 Å². The highest BCUT2D eigenvalue weighted by Crippen LogP contribution is 2.37. The number of nitrogens with zero attached hydrogens (tertiary/aromatic N) is 1. The maximum atomic E-state index is 13.5. The molecule has 1 aliphatic carbocycles. The summed E-state index contributed by atoms with van der Waals surface area (Å²) >= 11 is 6.23. The Morgan fingerprint density at radius 3 is 2.55 bits per heavy atom. The molecule has 0 saturated heterocycles. The van der Waals surface area contributed by atoms with Crippen LogP contribution in [0.4, 0.5) is 13.2 Å². The van der Waals surface area contributed by atoms with Gasteiger partial charge in [0, 0.05) is 32.1 Å². The summed E-state index contributed by atoms with van der Waals surface area (Å²) in [6, 6.07) is 14.1. The van der Waals surface area contributed by atoms with Gasteiger partial charge >= 0.3 is 12.1 Å². The molecule has 1 unspecified atom stereocenters. The average molecular weight is 548 g/mol. The van der Waals surface area contributed by atoms with Crippen LogP contribution in [0.1, 0.15) is 49.3 Å². The summed E-state index contributed by atoms with van der Waals surface area (Å²) in [5.41, 5.74) is 1.43. The predicted molar refractivity (Wildman–Crippen MR) is 144 cm³/mol. The Balaban J connectivity index is 1.73. The Kier molecular flexibility index (Phi) is 10.6. The van der Waals surface area contributed by atoms with E-state index in [1.54, 1.807) is 18.2 Å². The van der Waals surface area contributed by atoms with Gasteiger partial charge in [-0.15, -0.1) is 0 Å². The summed E-state index contributed by atoms with van der Waals surface area (Å²) in [6.45, 7) is 6.18. The molecule has 1 atom stereocenters. The van der Waals surface area contributed by atoms with Gasteiger partial charge in [0.05, 0.1) is 17.2 Å². The highest BCUT2D eigenvalue weighted by Gasteiger charge is 2.34. The standard InChI is InChI=1S/C30H33ClF3NO3/c1-21(2)26(23-10-4-3-5-11-23)20-35(19-24-12-7-14-27(29(24)31)30(32,33)34)15-8-16-38-25-13-6-9-22(17-25)18-28(36)37/h3-7,9-14,18,21,26H,8,15-17,19-20H2,1-2H3,(H,36,37)/b22-18+. The molecule has 4 nitrogen and oxygen atoms in total. The molecule has 0 aliphatic heterocycles. The molecular weight excluding hydrogens is 515 g/mol. The van der Waals surface area contributed by atoms with Gasteiger partial charge in [-0.05, 0) is 47.1 Å². The van der Waals surface area contributed by atoms with Crippen molar-refractivity contribution < 1.29 is 27.8 Å². The second-order valence-corrected chi connectivity index (χ2v) is 10.1. The Hall–Kier alpha value is -3.03. The second kappa shape index (κ2) is 13.7. The van der Waals surface area contributed by atoms with E-state index in [0.717, 1.165) is 12.1 Å². The van der Waals surface area contributed by atoms with Crippen LogP contribution in [0, 0.1) is 5.92 Å². The minimum atomic E-state index is -4.52. The third-order valence-corrected chi connectivity index (χ3v) is 6.90. The normalized spacial score (nSPS) is 15.7. The molecule has 0 radical (unpaired) electrons. The van der Waals surface area contributed by atoms with E-state index in [1.165, 1.54) is 11.6 Å². The molecule has 38 heavy (non-hydrogen) atoms. The first-order valence-electron chi connectivity index (χ1n) is 12.6. The quantitative estimate of drug-likeness (QED) is 0.217. The number of benzene rings is 2. The van der Waals surface area contributed by atoms with Crippen molar-refractivity contribution in [3.05, 3.63) is 106 Å². The van der Waals surface area contributed by atoms with Crippen LogP contribution < -0.4 is 0 Å². The van der Waals surface area contributed by atoms with Crippen LogP contribution in [0.5, 0.6) is 0 Å². The van der Waals surface area contributed by atoms with E-state index in [1.807, 2.05) is 24.3 Å². The first-order chi connectivity index (χ1) is 18.0. The van der Waals surface area contributed by atoms with Gasteiger partial charge in [-0.3, -0.25) is 4.90 Å². The number of rotatable bonds is 12. The van der Waals surface area contributed by atoms with E-state index in [4.69, 9.17) is 21.4 Å². The fourth-order valence-corrected chi connectivity index (χ4v) is 4.82. The molecule has 0 spiro atoms. The van der Waals surface area contributed by atoms with Gasteiger partial charge in [-0.25, -0.2) is 4.79 Å². The molecule has 1 aliphatic rings. The van der Waals surface area contributed by atoms with E-state index in [2.05, 4.69) is 30.9 Å². The summed E-state index contributed by atoms with van der Waals surface area (Å²) in [5.74, 6) is 0.160. The number of aliphatic carboxylic acids is 1. The summed E-state index contributed by atoms with van der Waals surface area (Å²) in [7, 11) is 0. The smallest absolute Gasteiger partial charge is 0.417 e. The number of carboxylic acid groups (broad SMARTS) is 1. The Bertz CT molecular complexity index is 1170. The minimum absolute atomic E-state index is 0.177. The summed E-state index contributed by atoms with van der Waals surface area (Å²) < 4.78 is 46.3. The lowest BCUT2D eigenvalue weighted by Crippen LogP contribution is -2.32. The fourth-order valence-electron chi connectivity index (χ4n) is 4.52. The Morgan fingerprint density at radius 2 is 1.89 bits per heavy atom. The molecule has 2 aromatic rings. The summed E-state index contributed by atoms with van der Waals surface area (Å²) in [5, 5.41) is 8.71. The van der Waals surface area contributed by atoms with Crippen LogP contribution >= 0.6 is 11.6 Å². The topological polar surface area (TPSA) is 49.8 Å². The van der Waals surface area contributed by atoms with Crippen molar-refractivity contribution in [3.63, 3.8) is 0 Å². The number of carbonyl (C=O) groups is 1. The number of halogens is 4. The van der Waals surface area contributed by atoms with Crippen LogP contribution in [-0.2, 0) is 22.3 Å². The fraction of sp³-hybridized carbons (Fsp3) is 0.367. The SMILES string of the molecule is CC(C)C(CN(CCCOC1=CC=C/C(=C\C(=O)O)C1)Cc1cccc(C(F)(F)F)c1Cl)c1ccccc1. The van der Waals surface area contributed by atoms with Crippen molar-refractivity contribution in [1.82, 2.24) is 4.90 Å². The molecule has 0 bridgehead atoms. The number of hydrogen-bond donors (Lipinski definition) is 1. The third kappa shape index (κ3) is 8.77. The molecule has 1 N–H and O–H groups in total. The predicted octanol–water partition coefficient (Wildman–Crippen LogP) is 7.86. The largest absolute Gasteiger partial charge is 0.498 e. The molecule has 0 aromatic heterocycles. The van der Waals surface area contributed by atoms with Gasteiger partial charge in [0.1, 0.15) is 5.76 Å². The molecule has 0 fully saturated rings. The molecule has 0 amide bonds. The van der Waals surface area contributed by atoms with Crippen molar-refractivity contribution >= 4 is 17.6 Å². The number of allylic oxidation sites excluding steroid dienone is 4. The number of carboxylic acids is 1. The summed E-state index contributed by atoms with van der Waals surface area (Å²) in [4.78, 5) is 13.1.